The largest absolute Gasteiger partial charge is 0.506 e. The fourth-order valence-corrected chi connectivity index (χ4v) is 4.78. The van der Waals surface area contributed by atoms with Crippen LogP contribution in [0.15, 0.2) is 66.4 Å². The minimum atomic E-state index is -0.653. The van der Waals surface area contributed by atoms with Gasteiger partial charge in [0.2, 0.25) is 11.8 Å². The Kier molecular flexibility index (Phi) is 17.7. The van der Waals surface area contributed by atoms with E-state index in [1.165, 1.54) is 13.8 Å². The number of aromatic hydroxyl groups is 4. The molecule has 0 aliphatic rings. The Morgan fingerprint density at radius 2 is 1.02 bits per heavy atom. The maximum Gasteiger partial charge on any atom is 0.271 e. The summed E-state index contributed by atoms with van der Waals surface area (Å²) in [5.74, 6) is -1.61. The van der Waals surface area contributed by atoms with Crippen molar-refractivity contribution in [2.45, 2.75) is 73.9 Å². The van der Waals surface area contributed by atoms with Gasteiger partial charge in [0.25, 0.3) is 22.5 Å². The van der Waals surface area contributed by atoms with Crippen LogP contribution in [0.2, 0.25) is 0 Å². The summed E-state index contributed by atoms with van der Waals surface area (Å²) in [7, 11) is 0. The molecule has 0 spiro atoms. The summed E-state index contributed by atoms with van der Waals surface area (Å²) in [4.78, 5) is 45.1. The van der Waals surface area contributed by atoms with E-state index in [1.54, 1.807) is 12.1 Å². The van der Waals surface area contributed by atoms with Crippen LogP contribution in [0.3, 0.4) is 0 Å². The number of nitro groups is 2. The summed E-state index contributed by atoms with van der Waals surface area (Å²) in [6.07, 6.45) is 2.73. The second-order valence-electron chi connectivity index (χ2n) is 11.4. The number of phenolic OH excluding ortho intramolecular Hbond substituents is 2. The number of hydrogen-bond donors (Lipinski definition) is 4. The number of pyridine rings is 2. The number of unbranched alkanes of at least 4 members (excludes halogenated alkanes) is 2. The Morgan fingerprint density at radius 3 is 1.30 bits per heavy atom. The first-order chi connectivity index (χ1) is 25.6. The standard InChI is InChI=1S/2C17H17N5O5.CH4.Co/c2*1-3-4-7-21-16(24)12(9-18)10(2)15(17(21)25)20-19-13-8-11(22(26)27)5-6-14(13)23;;/h2*5-6,8,23,25H,3-4,7H2,1-2H3;1H4;. The molecule has 0 atom stereocenters. The van der Waals surface area contributed by atoms with E-state index >= 15 is 0 Å². The van der Waals surface area contributed by atoms with Crippen molar-refractivity contribution in [3.63, 3.8) is 0 Å². The van der Waals surface area contributed by atoms with Gasteiger partial charge in [0.1, 0.15) is 46.1 Å². The summed E-state index contributed by atoms with van der Waals surface area (Å²) < 4.78 is 2.08. The van der Waals surface area contributed by atoms with E-state index in [2.05, 4.69) is 20.5 Å². The van der Waals surface area contributed by atoms with Crippen LogP contribution in [0.4, 0.5) is 34.1 Å². The third-order valence-corrected chi connectivity index (χ3v) is 7.86. The molecule has 4 rings (SSSR count). The minimum absolute atomic E-state index is 0. The van der Waals surface area contributed by atoms with Crippen LogP contribution in [-0.2, 0) is 29.9 Å². The quantitative estimate of drug-likeness (QED) is 0.0605. The monoisotopic (exact) mass is 817 g/mol. The normalized spacial score (nSPS) is 10.5. The first kappa shape index (κ1) is 47.0. The van der Waals surface area contributed by atoms with Crippen LogP contribution >= 0.6 is 0 Å². The zero-order valence-electron chi connectivity index (χ0n) is 29.8. The summed E-state index contributed by atoms with van der Waals surface area (Å²) >= 11 is 0. The van der Waals surface area contributed by atoms with Crippen LogP contribution in [-0.4, -0.2) is 39.4 Å². The molecule has 56 heavy (non-hydrogen) atoms. The predicted octanol–water partition coefficient (Wildman–Crippen LogP) is 7.76. The number of azo groups is 2. The van der Waals surface area contributed by atoms with E-state index in [9.17, 15) is 60.8 Å². The van der Waals surface area contributed by atoms with Crippen molar-refractivity contribution in [3.8, 4) is 35.4 Å². The van der Waals surface area contributed by atoms with E-state index in [-0.39, 0.29) is 105 Å². The number of hydrogen-bond acceptors (Lipinski definition) is 16. The van der Waals surface area contributed by atoms with Gasteiger partial charge in [-0.3, -0.25) is 39.0 Å². The van der Waals surface area contributed by atoms with E-state index in [1.807, 2.05) is 13.8 Å². The van der Waals surface area contributed by atoms with Crippen molar-refractivity contribution in [1.29, 1.82) is 10.5 Å². The van der Waals surface area contributed by atoms with E-state index in [4.69, 9.17) is 0 Å². The second kappa shape index (κ2) is 21.1. The molecule has 297 valence electrons. The number of rotatable bonds is 12. The fraction of sp³-hybridized carbons (Fsp3) is 0.314. The average Bonchev–Trinajstić information content (AvgIpc) is 3.13. The zero-order chi connectivity index (χ0) is 40.3. The minimum Gasteiger partial charge on any atom is -0.506 e. The van der Waals surface area contributed by atoms with Crippen molar-refractivity contribution in [2.75, 3.05) is 0 Å². The molecule has 4 aromatic rings. The average molecular weight is 818 g/mol. The maximum atomic E-state index is 12.3. The fourth-order valence-electron chi connectivity index (χ4n) is 4.78. The van der Waals surface area contributed by atoms with Gasteiger partial charge in [0, 0.05) is 65.3 Å². The molecule has 0 aliphatic carbocycles. The topological polar surface area (TPSA) is 308 Å². The molecule has 2 aromatic heterocycles. The van der Waals surface area contributed by atoms with Gasteiger partial charge < -0.3 is 20.4 Å². The number of aromatic nitrogens is 2. The van der Waals surface area contributed by atoms with Gasteiger partial charge in [0.05, 0.1) is 9.85 Å². The third kappa shape index (κ3) is 10.6. The SMILES string of the molecule is C.CCCCn1c(O)c(N=Nc2cc([N+](=O)[O-])ccc2O)c(C)c(C#N)c1=O.CCCCn1c(O)c(N=Nc2cc([N+](=O)[O-])ccc2O)c(C)c(C#N)c1=O.[Co]. The summed E-state index contributed by atoms with van der Waals surface area (Å²) in [6, 6.07) is 10.0. The molecular formula is C35H38CoN10O10. The van der Waals surface area contributed by atoms with E-state index in [0.29, 0.717) is 12.8 Å². The Bertz CT molecular complexity index is 2210. The molecule has 2 aromatic carbocycles. The van der Waals surface area contributed by atoms with Crippen molar-refractivity contribution in [3.05, 3.63) is 99.6 Å². The van der Waals surface area contributed by atoms with Crippen LogP contribution in [0.1, 0.15) is 69.2 Å². The molecule has 0 aliphatic heterocycles. The Labute approximate surface area is 329 Å². The molecule has 0 bridgehead atoms. The van der Waals surface area contributed by atoms with Gasteiger partial charge in [-0.25, -0.2) is 0 Å². The summed E-state index contributed by atoms with van der Waals surface area (Å²) in [5, 5.41) is 95.8. The molecular weight excluding hydrogens is 779 g/mol. The van der Waals surface area contributed by atoms with Crippen molar-refractivity contribution in [2.24, 2.45) is 20.5 Å². The second-order valence-corrected chi connectivity index (χ2v) is 11.4. The summed E-state index contributed by atoms with van der Waals surface area (Å²) in [5.41, 5.74) is -2.56. The number of phenols is 2. The number of nitriles is 2. The molecule has 4 N–H and O–H groups in total. The van der Waals surface area contributed by atoms with Gasteiger partial charge >= 0.3 is 0 Å². The Morgan fingerprint density at radius 1 is 0.679 bits per heavy atom. The smallest absolute Gasteiger partial charge is 0.271 e. The summed E-state index contributed by atoms with van der Waals surface area (Å²) in [6.45, 7) is 7.08. The molecule has 0 unspecified atom stereocenters. The van der Waals surface area contributed by atoms with Crippen molar-refractivity contribution < 1.29 is 47.1 Å². The van der Waals surface area contributed by atoms with E-state index < -0.39 is 32.7 Å². The molecule has 2 heterocycles. The predicted molar refractivity (Wildman–Crippen MR) is 198 cm³/mol. The molecule has 0 amide bonds. The molecule has 0 saturated heterocycles. The van der Waals surface area contributed by atoms with E-state index in [0.717, 1.165) is 58.4 Å². The number of benzene rings is 2. The molecule has 1 radical (unpaired) electrons. The van der Waals surface area contributed by atoms with Crippen LogP contribution in [0, 0.1) is 56.7 Å². The number of nitrogens with zero attached hydrogens (tertiary/aromatic N) is 10. The molecule has 20 nitrogen and oxygen atoms in total. The van der Waals surface area contributed by atoms with Crippen molar-refractivity contribution >= 4 is 34.1 Å². The molecule has 21 heteroatoms. The Balaban J connectivity index is 0.000000541. The van der Waals surface area contributed by atoms with Crippen LogP contribution < -0.4 is 11.1 Å². The number of non-ortho nitro benzene ring substituents is 2. The van der Waals surface area contributed by atoms with Gasteiger partial charge in [-0.05, 0) is 38.8 Å². The van der Waals surface area contributed by atoms with Crippen LogP contribution in [0.25, 0.3) is 0 Å². The third-order valence-electron chi connectivity index (χ3n) is 7.86. The van der Waals surface area contributed by atoms with Gasteiger partial charge in [-0.1, -0.05) is 34.1 Å². The first-order valence-corrected chi connectivity index (χ1v) is 16.1. The number of nitro benzene ring substituents is 2. The van der Waals surface area contributed by atoms with Crippen molar-refractivity contribution in [1.82, 2.24) is 9.13 Å². The first-order valence-electron chi connectivity index (χ1n) is 16.1. The van der Waals surface area contributed by atoms with Gasteiger partial charge in [0.15, 0.2) is 11.4 Å². The maximum absolute atomic E-state index is 12.3. The van der Waals surface area contributed by atoms with Gasteiger partial charge in [-0.15, -0.1) is 20.5 Å². The van der Waals surface area contributed by atoms with Crippen LogP contribution in [0.5, 0.6) is 23.3 Å². The zero-order valence-corrected chi connectivity index (χ0v) is 30.8. The molecule has 0 saturated carbocycles. The van der Waals surface area contributed by atoms with Gasteiger partial charge in [-0.2, -0.15) is 10.5 Å². The molecule has 0 fully saturated rings. The Hall–Kier alpha value is -6.97.